The van der Waals surface area contributed by atoms with Crippen LogP contribution in [-0.2, 0) is 19.4 Å². The van der Waals surface area contributed by atoms with Gasteiger partial charge in [0, 0.05) is 10.6 Å². The first kappa shape index (κ1) is 16.1. The van der Waals surface area contributed by atoms with Crippen molar-refractivity contribution in [1.82, 2.24) is 10.2 Å². The summed E-state index contributed by atoms with van der Waals surface area (Å²) in [6.07, 6.45) is 4.92. The number of aryl methyl sites for hydroxylation is 2. The van der Waals surface area contributed by atoms with Gasteiger partial charge < -0.3 is 14.5 Å². The summed E-state index contributed by atoms with van der Waals surface area (Å²) < 4.78 is 11.3. The predicted molar refractivity (Wildman–Crippen MR) is 99.2 cm³/mol. The van der Waals surface area contributed by atoms with E-state index in [2.05, 4.69) is 21.6 Å². The van der Waals surface area contributed by atoms with Crippen LogP contribution in [0.1, 0.15) is 36.1 Å². The molecule has 0 amide bonds. The number of thiophene rings is 1. The number of aromatic nitrogens is 2. The van der Waals surface area contributed by atoms with Crippen LogP contribution >= 0.6 is 11.3 Å². The van der Waals surface area contributed by atoms with E-state index in [0.29, 0.717) is 24.9 Å². The summed E-state index contributed by atoms with van der Waals surface area (Å²) in [5.74, 6) is 2.09. The van der Waals surface area contributed by atoms with Crippen molar-refractivity contribution in [2.24, 2.45) is 0 Å². The van der Waals surface area contributed by atoms with Crippen LogP contribution in [0.4, 0.5) is 5.69 Å². The fourth-order valence-electron chi connectivity index (χ4n) is 3.03. The highest BCUT2D eigenvalue weighted by Crippen LogP contribution is 2.35. The molecule has 0 saturated heterocycles. The molecule has 0 saturated carbocycles. The van der Waals surface area contributed by atoms with Crippen molar-refractivity contribution >= 4 is 17.0 Å². The molecule has 6 heteroatoms. The zero-order valence-corrected chi connectivity index (χ0v) is 15.1. The lowest BCUT2D eigenvalue weighted by atomic mass is 9.99. The van der Waals surface area contributed by atoms with E-state index < -0.39 is 0 Å². The van der Waals surface area contributed by atoms with Crippen LogP contribution in [0.3, 0.4) is 0 Å². The first-order chi connectivity index (χ1) is 12.3. The van der Waals surface area contributed by atoms with Crippen LogP contribution in [0.25, 0.3) is 10.8 Å². The molecular formula is C19H21N3O2S. The molecule has 25 heavy (non-hydrogen) atoms. The van der Waals surface area contributed by atoms with E-state index in [9.17, 15) is 0 Å². The lowest BCUT2D eigenvalue weighted by Gasteiger charge is -2.08. The molecule has 0 unspecified atom stereocenters. The third-order valence-electron chi connectivity index (χ3n) is 4.28. The Morgan fingerprint density at radius 1 is 1.16 bits per heavy atom. The second-order valence-electron chi connectivity index (χ2n) is 6.08. The minimum atomic E-state index is 0.506. The molecule has 0 spiro atoms. The molecule has 0 aliphatic heterocycles. The van der Waals surface area contributed by atoms with Crippen molar-refractivity contribution in [3.63, 3.8) is 0 Å². The lowest BCUT2D eigenvalue weighted by Crippen LogP contribution is -1.99. The van der Waals surface area contributed by atoms with Gasteiger partial charge in [-0.2, -0.15) is 0 Å². The fourth-order valence-corrected chi connectivity index (χ4v) is 4.21. The van der Waals surface area contributed by atoms with Gasteiger partial charge in [0.2, 0.25) is 5.89 Å². The molecule has 1 aliphatic rings. The molecule has 2 aromatic heterocycles. The number of nitrogens with zero attached hydrogens (tertiary/aromatic N) is 2. The average Bonchev–Trinajstić information content (AvgIpc) is 3.28. The molecule has 1 aliphatic carbocycles. The van der Waals surface area contributed by atoms with Gasteiger partial charge in [-0.3, -0.25) is 0 Å². The zero-order valence-electron chi connectivity index (χ0n) is 14.2. The van der Waals surface area contributed by atoms with Crippen LogP contribution in [0.15, 0.2) is 34.7 Å². The SMILES string of the molecule is CCOc1ccc(NCc2nnc(-c3cc4c(s3)CCCC4)o2)cc1. The molecule has 0 fully saturated rings. The van der Waals surface area contributed by atoms with E-state index in [0.717, 1.165) is 16.3 Å². The largest absolute Gasteiger partial charge is 0.494 e. The predicted octanol–water partition coefficient (Wildman–Crippen LogP) is 4.69. The summed E-state index contributed by atoms with van der Waals surface area (Å²) in [6, 6.07) is 10.1. The van der Waals surface area contributed by atoms with Gasteiger partial charge in [0.15, 0.2) is 0 Å². The molecule has 0 radical (unpaired) electrons. The second-order valence-corrected chi connectivity index (χ2v) is 7.21. The van der Waals surface area contributed by atoms with Gasteiger partial charge in [-0.25, -0.2) is 0 Å². The zero-order chi connectivity index (χ0) is 17.1. The number of rotatable bonds is 6. The summed E-state index contributed by atoms with van der Waals surface area (Å²) in [6.45, 7) is 3.15. The Balaban J connectivity index is 1.40. The smallest absolute Gasteiger partial charge is 0.257 e. The molecule has 130 valence electrons. The van der Waals surface area contributed by atoms with Gasteiger partial charge >= 0.3 is 0 Å². The standard InChI is InChI=1S/C19H21N3O2S/c1-2-23-15-9-7-14(8-10-15)20-12-18-21-22-19(24-18)17-11-13-5-3-4-6-16(13)25-17/h7-11,20H,2-6,12H2,1H3. The Morgan fingerprint density at radius 2 is 2.00 bits per heavy atom. The van der Waals surface area contributed by atoms with E-state index in [1.807, 2.05) is 31.2 Å². The molecule has 1 aromatic carbocycles. The van der Waals surface area contributed by atoms with Gasteiger partial charge in [0.25, 0.3) is 5.89 Å². The Labute approximate surface area is 151 Å². The van der Waals surface area contributed by atoms with Crippen LogP contribution in [-0.4, -0.2) is 16.8 Å². The van der Waals surface area contributed by atoms with Gasteiger partial charge in [-0.15, -0.1) is 21.5 Å². The van der Waals surface area contributed by atoms with E-state index in [-0.39, 0.29) is 0 Å². The van der Waals surface area contributed by atoms with Crippen molar-refractivity contribution < 1.29 is 9.15 Å². The van der Waals surface area contributed by atoms with Gasteiger partial charge in [-0.1, -0.05) is 0 Å². The molecule has 2 heterocycles. The van der Waals surface area contributed by atoms with Crippen LogP contribution in [0, 0.1) is 0 Å². The number of benzene rings is 1. The summed E-state index contributed by atoms with van der Waals surface area (Å²) >= 11 is 1.79. The highest BCUT2D eigenvalue weighted by Gasteiger charge is 2.17. The minimum Gasteiger partial charge on any atom is -0.494 e. The second kappa shape index (κ2) is 7.27. The van der Waals surface area contributed by atoms with Crippen LogP contribution in [0.5, 0.6) is 5.75 Å². The number of hydrogen-bond acceptors (Lipinski definition) is 6. The summed E-state index contributed by atoms with van der Waals surface area (Å²) in [5, 5.41) is 11.7. The van der Waals surface area contributed by atoms with Gasteiger partial charge in [-0.05, 0) is 68.5 Å². The van der Waals surface area contributed by atoms with Crippen LogP contribution in [0.2, 0.25) is 0 Å². The number of fused-ring (bicyclic) bond motifs is 1. The topological polar surface area (TPSA) is 60.2 Å². The summed E-state index contributed by atoms with van der Waals surface area (Å²) in [7, 11) is 0. The van der Waals surface area contributed by atoms with Crippen molar-refractivity contribution in [2.75, 3.05) is 11.9 Å². The maximum Gasteiger partial charge on any atom is 0.257 e. The van der Waals surface area contributed by atoms with Gasteiger partial charge in [0.05, 0.1) is 18.0 Å². The third kappa shape index (κ3) is 3.69. The Bertz CT molecular complexity index is 815. The van der Waals surface area contributed by atoms with E-state index in [4.69, 9.17) is 9.15 Å². The van der Waals surface area contributed by atoms with Crippen molar-refractivity contribution in [1.29, 1.82) is 0 Å². The van der Waals surface area contributed by atoms with Crippen molar-refractivity contribution in [3.8, 4) is 16.5 Å². The van der Waals surface area contributed by atoms with Crippen LogP contribution < -0.4 is 10.1 Å². The molecule has 5 nitrogen and oxygen atoms in total. The van der Waals surface area contributed by atoms with E-state index in [1.54, 1.807) is 11.3 Å². The van der Waals surface area contributed by atoms with Crippen molar-refractivity contribution in [3.05, 3.63) is 46.7 Å². The molecule has 4 rings (SSSR count). The molecule has 1 N–H and O–H groups in total. The van der Waals surface area contributed by atoms with E-state index >= 15 is 0 Å². The normalized spacial score (nSPS) is 13.5. The molecular weight excluding hydrogens is 334 g/mol. The highest BCUT2D eigenvalue weighted by molar-refractivity contribution is 7.15. The monoisotopic (exact) mass is 355 g/mol. The van der Waals surface area contributed by atoms with Crippen molar-refractivity contribution in [2.45, 2.75) is 39.2 Å². The Morgan fingerprint density at radius 3 is 2.80 bits per heavy atom. The Kier molecular flexibility index (Phi) is 4.70. The molecule has 3 aromatic rings. The van der Waals surface area contributed by atoms with Gasteiger partial charge in [0.1, 0.15) is 5.75 Å². The Hall–Kier alpha value is -2.34. The first-order valence-electron chi connectivity index (χ1n) is 8.73. The molecule has 0 bridgehead atoms. The average molecular weight is 355 g/mol. The first-order valence-corrected chi connectivity index (χ1v) is 9.54. The summed E-state index contributed by atoms with van der Waals surface area (Å²) in [4.78, 5) is 2.57. The third-order valence-corrected chi connectivity index (χ3v) is 5.51. The molecule has 0 atom stereocenters. The number of hydrogen-bond donors (Lipinski definition) is 1. The highest BCUT2D eigenvalue weighted by atomic mass is 32.1. The summed E-state index contributed by atoms with van der Waals surface area (Å²) in [5.41, 5.74) is 2.45. The number of anilines is 1. The fraction of sp³-hybridized carbons (Fsp3) is 0.368. The maximum absolute atomic E-state index is 5.83. The number of nitrogens with one attached hydrogen (secondary N) is 1. The van der Waals surface area contributed by atoms with E-state index in [1.165, 1.54) is 36.1 Å². The maximum atomic E-state index is 5.83. The number of ether oxygens (including phenoxy) is 1. The lowest BCUT2D eigenvalue weighted by molar-refractivity contribution is 0.340. The quantitative estimate of drug-likeness (QED) is 0.695. The minimum absolute atomic E-state index is 0.506.